The van der Waals surface area contributed by atoms with Gasteiger partial charge in [-0.3, -0.25) is 14.3 Å². The first-order valence-electron chi connectivity index (χ1n) is 6.93. The standard InChI is InChI=1S/C16H11ClN2O5S/c1-24-14-8-13(19(20)21)15-11(16(14)25(22)23)6-7-12(18-15)9-2-4-10(17)5-3-9/h2-8H,1H3,(H,22,23)/p-1. The van der Waals surface area contributed by atoms with Crippen LogP contribution in [-0.4, -0.2) is 25.8 Å². The predicted molar refractivity (Wildman–Crippen MR) is 92.6 cm³/mol. The molecule has 2 aromatic carbocycles. The molecule has 0 radical (unpaired) electrons. The van der Waals surface area contributed by atoms with Crippen LogP contribution in [0, 0.1) is 10.1 Å². The predicted octanol–water partition coefficient (Wildman–Crippen LogP) is 3.71. The van der Waals surface area contributed by atoms with Crippen LogP contribution in [0.15, 0.2) is 47.4 Å². The molecule has 1 heterocycles. The third kappa shape index (κ3) is 3.19. The molecule has 3 aromatic rings. The third-order valence-electron chi connectivity index (χ3n) is 3.60. The number of aromatic nitrogens is 1. The first-order valence-corrected chi connectivity index (χ1v) is 8.39. The number of ether oxygens (including phenoxy) is 1. The fourth-order valence-corrected chi connectivity index (χ4v) is 3.25. The Kier molecular flexibility index (Phi) is 4.67. The van der Waals surface area contributed by atoms with Gasteiger partial charge in [0.1, 0.15) is 11.3 Å². The molecule has 1 aromatic heterocycles. The first kappa shape index (κ1) is 17.3. The number of hydrogen-bond acceptors (Lipinski definition) is 6. The van der Waals surface area contributed by atoms with Gasteiger partial charge in [-0.1, -0.05) is 23.7 Å². The summed E-state index contributed by atoms with van der Waals surface area (Å²) in [5, 5.41) is 12.1. The van der Waals surface area contributed by atoms with Crippen LogP contribution in [0.3, 0.4) is 0 Å². The number of fused-ring (bicyclic) bond motifs is 1. The summed E-state index contributed by atoms with van der Waals surface area (Å²) >= 11 is 3.21. The number of hydrogen-bond donors (Lipinski definition) is 0. The lowest BCUT2D eigenvalue weighted by Crippen LogP contribution is -2.01. The summed E-state index contributed by atoms with van der Waals surface area (Å²) < 4.78 is 28.1. The Labute approximate surface area is 149 Å². The van der Waals surface area contributed by atoms with Crippen molar-refractivity contribution in [2.24, 2.45) is 0 Å². The summed E-state index contributed by atoms with van der Waals surface area (Å²) in [6.45, 7) is 0. The Balaban J connectivity index is 2.34. The number of methoxy groups -OCH3 is 1. The molecule has 0 saturated carbocycles. The van der Waals surface area contributed by atoms with E-state index in [0.717, 1.165) is 6.07 Å². The molecule has 7 nitrogen and oxygen atoms in total. The zero-order valence-corrected chi connectivity index (χ0v) is 14.3. The average Bonchev–Trinajstić information content (AvgIpc) is 2.59. The van der Waals surface area contributed by atoms with E-state index in [4.69, 9.17) is 16.3 Å². The second-order valence-electron chi connectivity index (χ2n) is 5.02. The first-order chi connectivity index (χ1) is 11.9. The Hall–Kier alpha value is -2.55. The minimum atomic E-state index is -2.65. The summed E-state index contributed by atoms with van der Waals surface area (Å²) in [5.74, 6) is -0.103. The second kappa shape index (κ2) is 6.75. The highest BCUT2D eigenvalue weighted by Crippen LogP contribution is 2.37. The minimum Gasteiger partial charge on any atom is -0.768 e. The van der Waals surface area contributed by atoms with Gasteiger partial charge in [-0.2, -0.15) is 0 Å². The summed E-state index contributed by atoms with van der Waals surface area (Å²) in [4.78, 5) is 14.9. The van der Waals surface area contributed by atoms with Gasteiger partial charge < -0.3 is 9.29 Å². The van der Waals surface area contributed by atoms with E-state index in [1.54, 1.807) is 30.3 Å². The molecule has 25 heavy (non-hydrogen) atoms. The number of non-ortho nitro benzene ring substituents is 1. The smallest absolute Gasteiger partial charge is 0.299 e. The largest absolute Gasteiger partial charge is 0.768 e. The van der Waals surface area contributed by atoms with Crippen LogP contribution in [0.25, 0.3) is 22.2 Å². The Morgan fingerprint density at radius 3 is 2.44 bits per heavy atom. The van der Waals surface area contributed by atoms with Crippen molar-refractivity contribution in [2.75, 3.05) is 7.11 Å². The van der Waals surface area contributed by atoms with Crippen molar-refractivity contribution in [3.8, 4) is 17.0 Å². The van der Waals surface area contributed by atoms with Gasteiger partial charge in [0.15, 0.2) is 0 Å². The van der Waals surface area contributed by atoms with Crippen LogP contribution in [0.2, 0.25) is 5.02 Å². The number of nitrogens with zero attached hydrogens (tertiary/aromatic N) is 2. The number of benzene rings is 2. The lowest BCUT2D eigenvalue weighted by molar-refractivity contribution is -0.383. The van der Waals surface area contributed by atoms with E-state index >= 15 is 0 Å². The molecule has 0 amide bonds. The van der Waals surface area contributed by atoms with Gasteiger partial charge in [-0.15, -0.1) is 0 Å². The monoisotopic (exact) mass is 377 g/mol. The quantitative estimate of drug-likeness (QED) is 0.390. The highest BCUT2D eigenvalue weighted by atomic mass is 35.5. The van der Waals surface area contributed by atoms with Crippen molar-refractivity contribution >= 4 is 39.3 Å². The molecular formula is C16H10ClN2O5S-. The van der Waals surface area contributed by atoms with E-state index in [1.807, 2.05) is 0 Å². The summed E-state index contributed by atoms with van der Waals surface area (Å²) in [7, 11) is 1.25. The number of rotatable bonds is 4. The van der Waals surface area contributed by atoms with Crippen LogP contribution >= 0.6 is 11.6 Å². The van der Waals surface area contributed by atoms with Gasteiger partial charge in [0.25, 0.3) is 5.69 Å². The molecule has 0 aliphatic carbocycles. The molecule has 0 saturated heterocycles. The topological polar surface area (TPSA) is 105 Å². The molecule has 9 heteroatoms. The number of pyridine rings is 1. The van der Waals surface area contributed by atoms with E-state index in [0.29, 0.717) is 16.3 Å². The van der Waals surface area contributed by atoms with Crippen molar-refractivity contribution < 1.29 is 18.4 Å². The summed E-state index contributed by atoms with van der Waals surface area (Å²) in [6.07, 6.45) is 0. The number of nitro benzene ring substituents is 1. The van der Waals surface area contributed by atoms with Crippen molar-refractivity contribution in [2.45, 2.75) is 4.90 Å². The average molecular weight is 378 g/mol. The molecule has 128 valence electrons. The van der Waals surface area contributed by atoms with Gasteiger partial charge >= 0.3 is 0 Å². The third-order valence-corrected chi connectivity index (χ3v) is 4.60. The SMILES string of the molecule is COc1cc([N+](=O)[O-])c2nc(-c3ccc(Cl)cc3)ccc2c1S(=O)[O-]. The van der Waals surface area contributed by atoms with Crippen LogP contribution in [0.5, 0.6) is 5.75 Å². The maximum Gasteiger partial charge on any atom is 0.299 e. The van der Waals surface area contributed by atoms with E-state index in [1.165, 1.54) is 13.2 Å². The Bertz CT molecular complexity index is 1010. The lowest BCUT2D eigenvalue weighted by atomic mass is 10.1. The molecule has 1 atom stereocenters. The van der Waals surface area contributed by atoms with Gasteiger partial charge in [-0.25, -0.2) is 4.98 Å². The highest BCUT2D eigenvalue weighted by molar-refractivity contribution is 7.79. The summed E-state index contributed by atoms with van der Waals surface area (Å²) in [6, 6.07) is 10.9. The van der Waals surface area contributed by atoms with Crippen molar-refractivity contribution in [3.63, 3.8) is 0 Å². The van der Waals surface area contributed by atoms with Crippen LogP contribution in [-0.2, 0) is 11.1 Å². The van der Waals surface area contributed by atoms with Crippen molar-refractivity contribution in [3.05, 3.63) is 57.6 Å². The van der Waals surface area contributed by atoms with Crippen LogP contribution in [0.1, 0.15) is 0 Å². The van der Waals surface area contributed by atoms with Crippen molar-refractivity contribution in [1.82, 2.24) is 4.98 Å². The Morgan fingerprint density at radius 1 is 1.20 bits per heavy atom. The fourth-order valence-electron chi connectivity index (χ4n) is 2.47. The fraction of sp³-hybridized carbons (Fsp3) is 0.0625. The molecule has 0 aliphatic heterocycles. The zero-order valence-electron chi connectivity index (χ0n) is 12.8. The van der Waals surface area contributed by atoms with E-state index in [2.05, 4.69) is 4.98 Å². The maximum absolute atomic E-state index is 11.6. The lowest BCUT2D eigenvalue weighted by Gasteiger charge is -2.14. The van der Waals surface area contributed by atoms with E-state index in [9.17, 15) is 18.9 Å². The normalized spacial score (nSPS) is 12.1. The number of halogens is 1. The second-order valence-corrected chi connectivity index (χ2v) is 6.33. The highest BCUT2D eigenvalue weighted by Gasteiger charge is 2.22. The summed E-state index contributed by atoms with van der Waals surface area (Å²) in [5.41, 5.74) is 0.788. The van der Waals surface area contributed by atoms with E-state index in [-0.39, 0.29) is 27.2 Å². The van der Waals surface area contributed by atoms with Crippen LogP contribution < -0.4 is 4.74 Å². The molecular weight excluding hydrogens is 368 g/mol. The van der Waals surface area contributed by atoms with E-state index < -0.39 is 16.0 Å². The molecule has 0 aliphatic rings. The zero-order chi connectivity index (χ0) is 18.1. The molecule has 0 spiro atoms. The molecule has 0 bridgehead atoms. The molecule has 3 rings (SSSR count). The molecule has 1 unspecified atom stereocenters. The van der Waals surface area contributed by atoms with Gasteiger partial charge in [0.2, 0.25) is 0 Å². The molecule has 0 fully saturated rings. The number of nitro groups is 1. The van der Waals surface area contributed by atoms with Gasteiger partial charge in [0.05, 0.1) is 28.7 Å². The Morgan fingerprint density at radius 2 is 1.88 bits per heavy atom. The van der Waals surface area contributed by atoms with Gasteiger partial charge in [0, 0.05) is 16.0 Å². The minimum absolute atomic E-state index is 0.0301. The van der Waals surface area contributed by atoms with Crippen LogP contribution in [0.4, 0.5) is 5.69 Å². The molecule has 0 N–H and O–H groups in total. The maximum atomic E-state index is 11.6. The van der Waals surface area contributed by atoms with Gasteiger partial charge in [-0.05, 0) is 35.3 Å². The van der Waals surface area contributed by atoms with Crippen molar-refractivity contribution in [1.29, 1.82) is 0 Å².